The minimum absolute atomic E-state index is 0.00391. The van der Waals surface area contributed by atoms with Crippen molar-refractivity contribution in [2.75, 3.05) is 11.4 Å². The highest BCUT2D eigenvalue weighted by molar-refractivity contribution is 9.10. The fraction of sp³-hybridized carbons (Fsp3) is 0.250. The normalized spacial score (nSPS) is 14.1. The second-order valence-electron chi connectivity index (χ2n) is 3.90. The van der Waals surface area contributed by atoms with Gasteiger partial charge >= 0.3 is 0 Å². The average Bonchev–Trinajstić information content (AvgIpc) is 2.54. The van der Waals surface area contributed by atoms with Crippen LogP contribution in [-0.4, -0.2) is 24.0 Å². The van der Waals surface area contributed by atoms with Crippen molar-refractivity contribution in [2.24, 2.45) is 0 Å². The van der Waals surface area contributed by atoms with Gasteiger partial charge < -0.3 is 0 Å². The molecule has 0 saturated carbocycles. The number of hydrogen-bond donors (Lipinski definition) is 0. The first kappa shape index (κ1) is 12.9. The summed E-state index contributed by atoms with van der Waals surface area (Å²) in [6.45, 7) is 1.50. The molecule has 0 N–H and O–H groups in total. The van der Waals surface area contributed by atoms with E-state index in [4.69, 9.17) is 0 Å². The maximum atomic E-state index is 13.2. The monoisotopic (exact) mass is 313 g/mol. The Morgan fingerprint density at radius 3 is 2.67 bits per heavy atom. The van der Waals surface area contributed by atoms with Crippen molar-refractivity contribution >= 4 is 39.1 Å². The van der Waals surface area contributed by atoms with Crippen LogP contribution in [0.2, 0.25) is 0 Å². The highest BCUT2D eigenvalue weighted by Gasteiger charge is 2.38. The summed E-state index contributed by atoms with van der Waals surface area (Å²) in [5.41, 5.74) is 0.268. The number of nitrogens with zero attached hydrogens (tertiary/aromatic N) is 1. The van der Waals surface area contributed by atoms with Gasteiger partial charge in [-0.2, -0.15) is 0 Å². The summed E-state index contributed by atoms with van der Waals surface area (Å²) < 4.78 is 13.5. The van der Waals surface area contributed by atoms with Crippen LogP contribution in [0.25, 0.3) is 0 Å². The van der Waals surface area contributed by atoms with Crippen molar-refractivity contribution in [1.82, 2.24) is 0 Å². The number of amides is 1. The van der Waals surface area contributed by atoms with E-state index >= 15 is 0 Å². The molecule has 0 atom stereocenters. The van der Waals surface area contributed by atoms with E-state index in [-0.39, 0.29) is 30.0 Å². The second-order valence-corrected chi connectivity index (χ2v) is 4.75. The zero-order valence-corrected chi connectivity index (χ0v) is 11.1. The highest BCUT2D eigenvalue weighted by atomic mass is 79.9. The molecule has 1 aliphatic rings. The maximum Gasteiger partial charge on any atom is 0.299 e. The smallest absolute Gasteiger partial charge is 0.298 e. The third-order valence-electron chi connectivity index (χ3n) is 2.71. The van der Waals surface area contributed by atoms with E-state index in [2.05, 4.69) is 15.9 Å². The number of anilines is 1. The molecule has 18 heavy (non-hydrogen) atoms. The first-order chi connectivity index (χ1) is 8.45. The number of hydrogen-bond acceptors (Lipinski definition) is 3. The number of Topliss-reactive ketones (excluding diaryl/α,β-unsaturated/α-hetero) is 2. The Bertz CT molecular complexity index is 571. The summed E-state index contributed by atoms with van der Waals surface area (Å²) in [6, 6.07) is 2.17. The molecule has 0 fully saturated rings. The molecule has 0 aliphatic carbocycles. The van der Waals surface area contributed by atoms with Crippen molar-refractivity contribution in [3.63, 3.8) is 0 Å². The van der Waals surface area contributed by atoms with Crippen molar-refractivity contribution in [3.05, 3.63) is 28.0 Å². The fourth-order valence-electron chi connectivity index (χ4n) is 1.79. The third kappa shape index (κ3) is 1.96. The molecular formula is C12H9BrFNO3. The standard InChI is InChI=1S/C12H9BrFNO3/c1-2-7(16)5-15-10-8(11(17)12(15)18)3-6(14)4-9(10)13/h3-4H,2,5H2,1H3. The Kier molecular flexibility index (Phi) is 3.30. The number of rotatable bonds is 3. The Hall–Kier alpha value is -1.56. The van der Waals surface area contributed by atoms with Crippen LogP contribution in [0.1, 0.15) is 23.7 Å². The molecule has 0 saturated heterocycles. The van der Waals surface area contributed by atoms with Gasteiger partial charge in [0.2, 0.25) is 0 Å². The average molecular weight is 314 g/mol. The van der Waals surface area contributed by atoms with Crippen molar-refractivity contribution in [3.8, 4) is 0 Å². The van der Waals surface area contributed by atoms with Crippen LogP contribution in [0, 0.1) is 5.82 Å². The van der Waals surface area contributed by atoms with E-state index in [9.17, 15) is 18.8 Å². The number of carbonyl (C=O) groups excluding carboxylic acids is 3. The molecule has 0 aromatic heterocycles. The molecular weight excluding hydrogens is 305 g/mol. The Morgan fingerprint density at radius 2 is 2.06 bits per heavy atom. The lowest BCUT2D eigenvalue weighted by Gasteiger charge is -2.16. The van der Waals surface area contributed by atoms with Crippen LogP contribution in [-0.2, 0) is 9.59 Å². The molecule has 1 aromatic carbocycles. The summed E-state index contributed by atoms with van der Waals surface area (Å²) in [6.07, 6.45) is 0.270. The van der Waals surface area contributed by atoms with Crippen LogP contribution in [0.3, 0.4) is 0 Å². The summed E-state index contributed by atoms with van der Waals surface area (Å²) in [7, 11) is 0. The van der Waals surface area contributed by atoms with E-state index < -0.39 is 17.5 Å². The van der Waals surface area contributed by atoms with Gasteiger partial charge in [0.15, 0.2) is 5.78 Å². The first-order valence-corrected chi connectivity index (χ1v) is 6.12. The van der Waals surface area contributed by atoms with Crippen LogP contribution in [0.15, 0.2) is 16.6 Å². The van der Waals surface area contributed by atoms with Gasteiger partial charge in [-0.05, 0) is 28.1 Å². The Labute approximate surface area is 111 Å². The van der Waals surface area contributed by atoms with Gasteiger partial charge in [-0.15, -0.1) is 0 Å². The maximum absolute atomic E-state index is 13.2. The lowest BCUT2D eigenvalue weighted by molar-refractivity contribution is -0.120. The molecule has 1 aromatic rings. The first-order valence-electron chi connectivity index (χ1n) is 5.32. The van der Waals surface area contributed by atoms with Gasteiger partial charge in [-0.1, -0.05) is 6.92 Å². The van der Waals surface area contributed by atoms with Crippen molar-refractivity contribution < 1.29 is 18.8 Å². The fourth-order valence-corrected chi connectivity index (χ4v) is 2.44. The Balaban J connectivity index is 2.51. The minimum Gasteiger partial charge on any atom is -0.298 e. The van der Waals surface area contributed by atoms with Gasteiger partial charge in [0, 0.05) is 10.9 Å². The van der Waals surface area contributed by atoms with Crippen LogP contribution in [0.4, 0.5) is 10.1 Å². The summed E-state index contributed by atoms with van der Waals surface area (Å²) in [5, 5.41) is 0. The number of halogens is 2. The van der Waals surface area contributed by atoms with Gasteiger partial charge in [0.1, 0.15) is 5.82 Å². The molecule has 0 spiro atoms. The molecule has 4 nitrogen and oxygen atoms in total. The van der Waals surface area contributed by atoms with Crippen LogP contribution in [0.5, 0.6) is 0 Å². The topological polar surface area (TPSA) is 54.5 Å². The third-order valence-corrected chi connectivity index (χ3v) is 3.32. The Morgan fingerprint density at radius 1 is 1.39 bits per heavy atom. The zero-order valence-electron chi connectivity index (χ0n) is 9.50. The molecule has 94 valence electrons. The molecule has 0 bridgehead atoms. The van der Waals surface area contributed by atoms with Crippen molar-refractivity contribution in [2.45, 2.75) is 13.3 Å². The predicted molar refractivity (Wildman–Crippen MR) is 66.1 cm³/mol. The molecule has 0 radical (unpaired) electrons. The summed E-state index contributed by atoms with van der Waals surface area (Å²) in [4.78, 5) is 36.0. The molecule has 1 amide bonds. The summed E-state index contributed by atoms with van der Waals surface area (Å²) in [5.74, 6) is -2.35. The minimum atomic E-state index is -0.793. The lowest BCUT2D eigenvalue weighted by atomic mass is 10.1. The SMILES string of the molecule is CCC(=O)CN1C(=O)C(=O)c2cc(F)cc(Br)c21. The largest absolute Gasteiger partial charge is 0.299 e. The van der Waals surface area contributed by atoms with Crippen LogP contribution < -0.4 is 4.90 Å². The lowest BCUT2D eigenvalue weighted by Crippen LogP contribution is -2.34. The molecule has 6 heteroatoms. The second kappa shape index (κ2) is 4.61. The molecule has 0 unspecified atom stereocenters. The number of fused-ring (bicyclic) bond motifs is 1. The van der Waals surface area contributed by atoms with Crippen molar-refractivity contribution in [1.29, 1.82) is 0 Å². The number of benzene rings is 1. The molecule has 1 heterocycles. The van der Waals surface area contributed by atoms with E-state index in [1.807, 2.05) is 0 Å². The van der Waals surface area contributed by atoms with Gasteiger partial charge in [0.25, 0.3) is 11.7 Å². The van der Waals surface area contributed by atoms with Gasteiger partial charge in [0.05, 0.1) is 17.8 Å². The quantitative estimate of drug-likeness (QED) is 0.803. The predicted octanol–water partition coefficient (Wildman–Crippen LogP) is 2.10. The number of ketones is 2. The highest BCUT2D eigenvalue weighted by Crippen LogP contribution is 2.36. The van der Waals surface area contributed by atoms with E-state index in [1.165, 1.54) is 0 Å². The summed E-state index contributed by atoms with van der Waals surface area (Å²) >= 11 is 3.11. The van der Waals surface area contributed by atoms with Gasteiger partial charge in [-0.25, -0.2) is 4.39 Å². The van der Waals surface area contributed by atoms with E-state index in [1.54, 1.807) is 6.92 Å². The van der Waals surface area contributed by atoms with Gasteiger partial charge in [-0.3, -0.25) is 19.3 Å². The molecule has 1 aliphatic heterocycles. The van der Waals surface area contributed by atoms with E-state index in [0.29, 0.717) is 4.47 Å². The number of carbonyl (C=O) groups is 3. The zero-order chi connectivity index (χ0) is 13.4. The van der Waals surface area contributed by atoms with E-state index in [0.717, 1.165) is 17.0 Å². The van der Waals surface area contributed by atoms with Crippen LogP contribution >= 0.6 is 15.9 Å². The molecule has 2 rings (SSSR count).